The molecule has 0 radical (unpaired) electrons. The Morgan fingerprint density at radius 1 is 1.25 bits per heavy atom. The molecule has 2 nitrogen and oxygen atoms in total. The topological polar surface area (TPSA) is 28.7 Å². The van der Waals surface area contributed by atoms with Crippen LogP contribution in [0.3, 0.4) is 0 Å². The molecule has 0 spiro atoms. The highest BCUT2D eigenvalue weighted by Crippen LogP contribution is 2.14. The summed E-state index contributed by atoms with van der Waals surface area (Å²) in [7, 11) is 0. The van der Waals surface area contributed by atoms with Crippen molar-refractivity contribution in [3.8, 4) is 11.3 Å². The molecule has 0 unspecified atom stereocenters. The zero-order valence-electron chi connectivity index (χ0n) is 6.91. The van der Waals surface area contributed by atoms with E-state index in [1.54, 1.807) is 0 Å². The smallest absolute Gasteiger partial charge is 0.0469 e. The van der Waals surface area contributed by atoms with Crippen molar-refractivity contribution >= 4 is 0 Å². The second kappa shape index (κ2) is 2.81. The number of rotatable bonds is 1. The van der Waals surface area contributed by atoms with Crippen molar-refractivity contribution in [1.82, 2.24) is 9.97 Å². The third-order valence-electron chi connectivity index (χ3n) is 1.82. The van der Waals surface area contributed by atoms with E-state index in [2.05, 4.69) is 16.0 Å². The summed E-state index contributed by atoms with van der Waals surface area (Å²) in [5.41, 5.74) is 3.29. The van der Waals surface area contributed by atoms with Crippen LogP contribution in [-0.4, -0.2) is 9.97 Å². The zero-order chi connectivity index (χ0) is 8.39. The summed E-state index contributed by atoms with van der Waals surface area (Å²) in [6.45, 7) is 1.98. The van der Waals surface area contributed by atoms with Gasteiger partial charge in [0.1, 0.15) is 0 Å². The van der Waals surface area contributed by atoms with Gasteiger partial charge in [-0.05, 0) is 31.2 Å². The van der Waals surface area contributed by atoms with Crippen molar-refractivity contribution in [2.24, 2.45) is 0 Å². The van der Waals surface area contributed by atoms with Crippen molar-refractivity contribution in [2.75, 3.05) is 0 Å². The van der Waals surface area contributed by atoms with E-state index in [1.807, 2.05) is 37.5 Å². The highest BCUT2D eigenvalue weighted by molar-refractivity contribution is 5.57. The van der Waals surface area contributed by atoms with Gasteiger partial charge in [-0.1, -0.05) is 0 Å². The molecule has 0 aliphatic rings. The zero-order valence-corrected chi connectivity index (χ0v) is 6.91. The number of hydrogen-bond donors (Lipinski definition) is 1. The highest BCUT2D eigenvalue weighted by atomic mass is 14.7. The minimum absolute atomic E-state index is 1.05. The van der Waals surface area contributed by atoms with Crippen LogP contribution in [0.2, 0.25) is 0 Å². The molecule has 0 aliphatic heterocycles. The number of aromatic nitrogens is 2. The van der Waals surface area contributed by atoms with Crippen LogP contribution in [0.4, 0.5) is 0 Å². The fourth-order valence-electron chi connectivity index (χ4n) is 1.14. The average molecular weight is 158 g/mol. The Kier molecular flexibility index (Phi) is 1.67. The molecule has 0 aromatic carbocycles. The number of hydrogen-bond acceptors (Lipinski definition) is 1. The fourth-order valence-corrected chi connectivity index (χ4v) is 1.14. The van der Waals surface area contributed by atoms with Gasteiger partial charge >= 0.3 is 0 Å². The minimum Gasteiger partial charge on any atom is -0.361 e. The lowest BCUT2D eigenvalue weighted by Gasteiger charge is -1.96. The van der Waals surface area contributed by atoms with Gasteiger partial charge in [0.15, 0.2) is 0 Å². The van der Waals surface area contributed by atoms with E-state index in [9.17, 15) is 0 Å². The quantitative estimate of drug-likeness (QED) is 0.678. The van der Waals surface area contributed by atoms with Crippen LogP contribution in [0.25, 0.3) is 11.3 Å². The molecule has 0 amide bonds. The molecule has 0 saturated heterocycles. The summed E-state index contributed by atoms with van der Waals surface area (Å²) >= 11 is 0. The third-order valence-corrected chi connectivity index (χ3v) is 1.82. The molecule has 0 bridgehead atoms. The second-order valence-electron chi connectivity index (χ2n) is 2.77. The van der Waals surface area contributed by atoms with E-state index >= 15 is 0 Å². The Morgan fingerprint density at radius 3 is 2.75 bits per heavy atom. The lowest BCUT2D eigenvalue weighted by Crippen LogP contribution is -1.81. The standard InChI is InChI=1S/C10H10N2/c1-8-4-5-9(7-12-8)10-3-2-6-11-10/h2-7,11H,1H3. The van der Waals surface area contributed by atoms with Gasteiger partial charge in [-0.25, -0.2) is 0 Å². The van der Waals surface area contributed by atoms with Crippen LogP contribution in [0.1, 0.15) is 5.69 Å². The maximum Gasteiger partial charge on any atom is 0.0469 e. The molecular weight excluding hydrogens is 148 g/mol. The third kappa shape index (κ3) is 1.23. The van der Waals surface area contributed by atoms with Gasteiger partial charge in [0.25, 0.3) is 0 Å². The summed E-state index contributed by atoms with van der Waals surface area (Å²) in [4.78, 5) is 7.35. The van der Waals surface area contributed by atoms with Crippen molar-refractivity contribution < 1.29 is 0 Å². The van der Waals surface area contributed by atoms with E-state index in [0.717, 1.165) is 17.0 Å². The monoisotopic (exact) mass is 158 g/mol. The van der Waals surface area contributed by atoms with Crippen LogP contribution in [-0.2, 0) is 0 Å². The molecule has 1 N–H and O–H groups in total. The lowest BCUT2D eigenvalue weighted by molar-refractivity contribution is 1.20. The molecular formula is C10H10N2. The number of aryl methyl sites for hydroxylation is 1. The van der Waals surface area contributed by atoms with E-state index in [1.165, 1.54) is 0 Å². The minimum atomic E-state index is 1.05. The predicted molar refractivity (Wildman–Crippen MR) is 48.8 cm³/mol. The van der Waals surface area contributed by atoms with Gasteiger partial charge in [0.2, 0.25) is 0 Å². The number of pyridine rings is 1. The summed E-state index contributed by atoms with van der Waals surface area (Å²) in [5.74, 6) is 0. The van der Waals surface area contributed by atoms with Gasteiger partial charge < -0.3 is 4.98 Å². The maximum absolute atomic E-state index is 4.22. The summed E-state index contributed by atoms with van der Waals surface area (Å²) < 4.78 is 0. The number of nitrogens with zero attached hydrogens (tertiary/aromatic N) is 1. The molecule has 2 heteroatoms. The number of nitrogens with one attached hydrogen (secondary N) is 1. The van der Waals surface area contributed by atoms with E-state index < -0.39 is 0 Å². The first kappa shape index (κ1) is 7.10. The van der Waals surface area contributed by atoms with Crippen LogP contribution < -0.4 is 0 Å². The largest absolute Gasteiger partial charge is 0.361 e. The van der Waals surface area contributed by atoms with Gasteiger partial charge in [0, 0.05) is 29.3 Å². The number of H-pyrrole nitrogens is 1. The van der Waals surface area contributed by atoms with Crippen LogP contribution in [0.5, 0.6) is 0 Å². The molecule has 0 saturated carbocycles. The summed E-state index contributed by atoms with van der Waals surface area (Å²) in [5, 5.41) is 0. The van der Waals surface area contributed by atoms with Gasteiger partial charge in [-0.15, -0.1) is 0 Å². The average Bonchev–Trinajstić information content (AvgIpc) is 2.58. The highest BCUT2D eigenvalue weighted by Gasteiger charge is 1.95. The Balaban J connectivity index is 2.43. The van der Waals surface area contributed by atoms with E-state index in [4.69, 9.17) is 0 Å². The number of aromatic amines is 1. The van der Waals surface area contributed by atoms with Gasteiger partial charge in [-0.3, -0.25) is 4.98 Å². The van der Waals surface area contributed by atoms with Crippen LogP contribution in [0, 0.1) is 6.92 Å². The van der Waals surface area contributed by atoms with Crippen LogP contribution in [0.15, 0.2) is 36.7 Å². The van der Waals surface area contributed by atoms with Gasteiger partial charge in [0.05, 0.1) is 0 Å². The van der Waals surface area contributed by atoms with Crippen molar-refractivity contribution in [3.05, 3.63) is 42.4 Å². The molecule has 0 atom stereocenters. The Hall–Kier alpha value is -1.57. The summed E-state index contributed by atoms with van der Waals surface area (Å²) in [6, 6.07) is 8.09. The van der Waals surface area contributed by atoms with E-state index in [-0.39, 0.29) is 0 Å². The van der Waals surface area contributed by atoms with Gasteiger partial charge in [-0.2, -0.15) is 0 Å². The maximum atomic E-state index is 4.22. The fraction of sp³-hybridized carbons (Fsp3) is 0.100. The van der Waals surface area contributed by atoms with Crippen molar-refractivity contribution in [3.63, 3.8) is 0 Å². The Morgan fingerprint density at radius 2 is 2.17 bits per heavy atom. The molecule has 0 aliphatic carbocycles. The first-order valence-electron chi connectivity index (χ1n) is 3.93. The predicted octanol–water partition coefficient (Wildman–Crippen LogP) is 2.39. The SMILES string of the molecule is Cc1ccc(-c2ccc[nH]2)cn1. The van der Waals surface area contributed by atoms with E-state index in [0.29, 0.717) is 0 Å². The molecule has 2 aromatic rings. The van der Waals surface area contributed by atoms with Crippen molar-refractivity contribution in [1.29, 1.82) is 0 Å². The molecule has 2 aromatic heterocycles. The Labute approximate surface area is 71.3 Å². The summed E-state index contributed by atoms with van der Waals surface area (Å²) in [6.07, 6.45) is 3.79. The molecule has 60 valence electrons. The molecule has 2 heterocycles. The molecule has 12 heavy (non-hydrogen) atoms. The normalized spacial score (nSPS) is 10.1. The lowest BCUT2D eigenvalue weighted by atomic mass is 10.2. The van der Waals surface area contributed by atoms with Crippen LogP contribution >= 0.6 is 0 Å². The first-order chi connectivity index (χ1) is 5.86. The van der Waals surface area contributed by atoms with Crippen molar-refractivity contribution in [2.45, 2.75) is 6.92 Å². The molecule has 0 fully saturated rings. The Bertz CT molecular complexity index is 346. The second-order valence-corrected chi connectivity index (χ2v) is 2.77. The first-order valence-corrected chi connectivity index (χ1v) is 3.93. The molecule has 2 rings (SSSR count).